The van der Waals surface area contributed by atoms with Crippen LogP contribution in [-0.4, -0.2) is 43.2 Å². The third kappa shape index (κ3) is 4.50. The van der Waals surface area contributed by atoms with Crippen molar-refractivity contribution in [2.24, 2.45) is 0 Å². The highest BCUT2D eigenvalue weighted by molar-refractivity contribution is 5.71. The SMILES string of the molecule is CCc1cc(C(F)(F)F)nn1-c1ccc(CN2CCCn3nc(-c4c(OC)ncnc4C4CC4)cc32)cc1. The van der Waals surface area contributed by atoms with Gasteiger partial charge in [0.25, 0.3) is 0 Å². The van der Waals surface area contributed by atoms with Crippen LogP contribution in [0, 0.1) is 0 Å². The van der Waals surface area contributed by atoms with Gasteiger partial charge in [-0.25, -0.2) is 19.3 Å². The molecule has 4 heterocycles. The number of fused-ring (bicyclic) bond motifs is 1. The number of methoxy groups -OCH3 is 1. The quantitative estimate of drug-likeness (QED) is 0.323. The molecule has 198 valence electrons. The molecule has 0 unspecified atom stereocenters. The van der Waals surface area contributed by atoms with Gasteiger partial charge in [0, 0.05) is 37.3 Å². The zero-order chi connectivity index (χ0) is 26.4. The largest absolute Gasteiger partial charge is 0.480 e. The number of hydrogen-bond acceptors (Lipinski definition) is 6. The number of halogens is 3. The van der Waals surface area contributed by atoms with Gasteiger partial charge < -0.3 is 9.64 Å². The molecule has 8 nitrogen and oxygen atoms in total. The van der Waals surface area contributed by atoms with E-state index in [1.54, 1.807) is 13.4 Å². The van der Waals surface area contributed by atoms with Gasteiger partial charge in [0.2, 0.25) is 5.88 Å². The summed E-state index contributed by atoms with van der Waals surface area (Å²) >= 11 is 0. The Bertz CT molecular complexity index is 1450. The summed E-state index contributed by atoms with van der Waals surface area (Å²) in [4.78, 5) is 11.2. The van der Waals surface area contributed by atoms with Crippen LogP contribution in [0.4, 0.5) is 19.0 Å². The van der Waals surface area contributed by atoms with Crippen LogP contribution in [-0.2, 0) is 25.7 Å². The maximum Gasteiger partial charge on any atom is 0.435 e. The molecule has 1 aromatic carbocycles. The minimum atomic E-state index is -4.47. The smallest absolute Gasteiger partial charge is 0.435 e. The predicted octanol–water partition coefficient (Wildman–Crippen LogP) is 5.40. The molecule has 0 radical (unpaired) electrons. The maximum atomic E-state index is 13.2. The first-order valence-electron chi connectivity index (χ1n) is 12.8. The molecule has 6 rings (SSSR count). The number of hydrogen-bond donors (Lipinski definition) is 0. The van der Waals surface area contributed by atoms with Crippen LogP contribution in [0.3, 0.4) is 0 Å². The molecule has 4 aromatic rings. The lowest BCUT2D eigenvalue weighted by Crippen LogP contribution is -2.31. The minimum Gasteiger partial charge on any atom is -0.480 e. The van der Waals surface area contributed by atoms with E-state index in [0.29, 0.717) is 36.1 Å². The van der Waals surface area contributed by atoms with E-state index < -0.39 is 11.9 Å². The summed E-state index contributed by atoms with van der Waals surface area (Å²) in [7, 11) is 1.62. The van der Waals surface area contributed by atoms with Gasteiger partial charge in [-0.1, -0.05) is 19.1 Å². The highest BCUT2D eigenvalue weighted by Gasteiger charge is 2.35. The molecule has 0 spiro atoms. The molecule has 11 heteroatoms. The van der Waals surface area contributed by atoms with E-state index >= 15 is 0 Å². The Labute approximate surface area is 218 Å². The second-order valence-corrected chi connectivity index (χ2v) is 9.75. The minimum absolute atomic E-state index is 0.422. The molecular weight excluding hydrogens is 495 g/mol. The van der Waals surface area contributed by atoms with E-state index in [9.17, 15) is 13.2 Å². The number of rotatable bonds is 7. The Hall–Kier alpha value is -3.89. The first-order chi connectivity index (χ1) is 18.4. The molecule has 1 aliphatic carbocycles. The van der Waals surface area contributed by atoms with Crippen molar-refractivity contribution in [3.8, 4) is 22.8 Å². The zero-order valence-electron chi connectivity index (χ0n) is 21.2. The second-order valence-electron chi connectivity index (χ2n) is 9.75. The summed E-state index contributed by atoms with van der Waals surface area (Å²) < 4.78 is 48.6. The van der Waals surface area contributed by atoms with Crippen LogP contribution in [0.25, 0.3) is 16.9 Å². The van der Waals surface area contributed by atoms with Gasteiger partial charge >= 0.3 is 6.18 Å². The summed E-state index contributed by atoms with van der Waals surface area (Å²) in [6.07, 6.45) is 0.707. The molecule has 0 bridgehead atoms. The number of nitrogens with zero attached hydrogens (tertiary/aromatic N) is 7. The van der Waals surface area contributed by atoms with Crippen LogP contribution >= 0.6 is 0 Å². The summed E-state index contributed by atoms with van der Waals surface area (Å²) in [5.41, 5.74) is 3.97. The number of anilines is 1. The van der Waals surface area contributed by atoms with Crippen molar-refractivity contribution in [1.29, 1.82) is 0 Å². The second kappa shape index (κ2) is 9.45. The van der Waals surface area contributed by atoms with E-state index in [4.69, 9.17) is 9.84 Å². The lowest BCUT2D eigenvalue weighted by atomic mass is 10.1. The summed E-state index contributed by atoms with van der Waals surface area (Å²) in [6.45, 7) is 4.16. The van der Waals surface area contributed by atoms with Crippen molar-refractivity contribution in [3.63, 3.8) is 0 Å². The maximum absolute atomic E-state index is 13.2. The van der Waals surface area contributed by atoms with Gasteiger partial charge in [0.15, 0.2) is 5.69 Å². The predicted molar refractivity (Wildman–Crippen MR) is 135 cm³/mol. The molecule has 0 N–H and O–H groups in total. The normalized spacial score (nSPS) is 15.6. The first-order valence-corrected chi connectivity index (χ1v) is 12.8. The fourth-order valence-corrected chi connectivity index (χ4v) is 5.07. The standard InChI is InChI=1S/C27H28F3N7O/c1-3-19-13-22(27(28,29)30)34-37(19)20-9-5-17(6-10-20)15-35-11-4-12-36-23(35)14-21(33-36)24-25(18-7-8-18)31-16-32-26(24)38-2/h5-6,9-10,13-14,16,18H,3-4,7-8,11-12,15H2,1-2H3. The van der Waals surface area contributed by atoms with Gasteiger partial charge in [-0.2, -0.15) is 23.4 Å². The topological polar surface area (TPSA) is 73.9 Å². The fourth-order valence-electron chi connectivity index (χ4n) is 5.07. The Morgan fingerprint density at radius 2 is 1.82 bits per heavy atom. The number of ether oxygens (including phenoxy) is 1. The van der Waals surface area contributed by atoms with Crippen molar-refractivity contribution in [2.45, 2.75) is 57.8 Å². The van der Waals surface area contributed by atoms with Gasteiger partial charge in [-0.3, -0.25) is 0 Å². The molecule has 0 amide bonds. The number of benzene rings is 1. The van der Waals surface area contributed by atoms with Crippen molar-refractivity contribution < 1.29 is 17.9 Å². The van der Waals surface area contributed by atoms with E-state index in [1.807, 2.05) is 35.9 Å². The lowest BCUT2D eigenvalue weighted by Gasteiger charge is -2.29. The Morgan fingerprint density at radius 1 is 1.03 bits per heavy atom. The van der Waals surface area contributed by atoms with E-state index in [0.717, 1.165) is 66.8 Å². The van der Waals surface area contributed by atoms with Crippen LogP contribution in [0.2, 0.25) is 0 Å². The van der Waals surface area contributed by atoms with E-state index in [2.05, 4.69) is 26.0 Å². The van der Waals surface area contributed by atoms with Crippen LogP contribution in [0.5, 0.6) is 5.88 Å². The van der Waals surface area contributed by atoms with Gasteiger partial charge in [-0.15, -0.1) is 0 Å². The molecule has 1 aliphatic heterocycles. The summed E-state index contributed by atoms with van der Waals surface area (Å²) in [5.74, 6) is 1.97. The molecule has 2 aliphatic rings. The highest BCUT2D eigenvalue weighted by atomic mass is 19.4. The molecule has 0 saturated heterocycles. The third-order valence-electron chi connectivity index (χ3n) is 7.13. The number of aryl methyl sites for hydroxylation is 2. The van der Waals surface area contributed by atoms with Gasteiger partial charge in [0.05, 0.1) is 24.1 Å². The molecular formula is C27H28F3N7O. The average Bonchev–Trinajstić information content (AvgIpc) is 3.50. The van der Waals surface area contributed by atoms with Crippen molar-refractivity contribution in [1.82, 2.24) is 29.5 Å². The van der Waals surface area contributed by atoms with Crippen LogP contribution < -0.4 is 9.64 Å². The van der Waals surface area contributed by atoms with E-state index in [1.165, 1.54) is 4.68 Å². The Kier molecular flexibility index (Phi) is 6.08. The monoisotopic (exact) mass is 523 g/mol. The number of alkyl halides is 3. The molecule has 1 saturated carbocycles. The zero-order valence-corrected chi connectivity index (χ0v) is 21.2. The molecule has 1 fully saturated rings. The Balaban J connectivity index is 1.26. The summed E-state index contributed by atoms with van der Waals surface area (Å²) in [6, 6.07) is 10.7. The molecule has 3 aromatic heterocycles. The highest BCUT2D eigenvalue weighted by Crippen LogP contribution is 2.46. The fraction of sp³-hybridized carbons (Fsp3) is 0.407. The van der Waals surface area contributed by atoms with Gasteiger partial charge in [0.1, 0.15) is 17.8 Å². The van der Waals surface area contributed by atoms with Crippen molar-refractivity contribution in [2.75, 3.05) is 18.6 Å². The first kappa shape index (κ1) is 24.4. The van der Waals surface area contributed by atoms with Crippen molar-refractivity contribution in [3.05, 3.63) is 65.4 Å². The van der Waals surface area contributed by atoms with Crippen LogP contribution in [0.1, 0.15) is 54.7 Å². The van der Waals surface area contributed by atoms with E-state index in [-0.39, 0.29) is 0 Å². The average molecular weight is 524 g/mol. The molecule has 0 atom stereocenters. The third-order valence-corrected chi connectivity index (χ3v) is 7.13. The summed E-state index contributed by atoms with van der Waals surface area (Å²) in [5, 5.41) is 8.72. The molecule has 38 heavy (non-hydrogen) atoms. The van der Waals surface area contributed by atoms with Gasteiger partial charge in [-0.05, 0) is 49.4 Å². The Morgan fingerprint density at radius 3 is 2.50 bits per heavy atom. The van der Waals surface area contributed by atoms with Crippen molar-refractivity contribution >= 4 is 5.82 Å². The number of aromatic nitrogens is 6. The van der Waals surface area contributed by atoms with Crippen LogP contribution in [0.15, 0.2) is 42.7 Å². The lowest BCUT2D eigenvalue weighted by molar-refractivity contribution is -0.141.